The Hall–Kier alpha value is -3.97. The third-order valence-electron chi connectivity index (χ3n) is 5.99. The Balaban J connectivity index is 1.55. The predicted molar refractivity (Wildman–Crippen MR) is 140 cm³/mol. The first kappa shape index (κ1) is 22.8. The van der Waals surface area contributed by atoms with Crippen LogP contribution in [0.2, 0.25) is 0 Å². The zero-order chi connectivity index (χ0) is 24.2. The molecule has 1 N–H and O–H groups in total. The van der Waals surface area contributed by atoms with Gasteiger partial charge in [-0.1, -0.05) is 65.8 Å². The van der Waals surface area contributed by atoms with Gasteiger partial charge in [0.2, 0.25) is 5.82 Å². The molecule has 0 fully saturated rings. The molecule has 1 aliphatic rings. The summed E-state index contributed by atoms with van der Waals surface area (Å²) in [6.45, 7) is 5.28. The molecule has 35 heavy (non-hydrogen) atoms. The molecule has 0 bridgehead atoms. The van der Waals surface area contributed by atoms with Crippen LogP contribution in [-0.2, 0) is 6.54 Å². The Morgan fingerprint density at radius 2 is 1.66 bits per heavy atom. The smallest absolute Gasteiger partial charge is 0.258 e. The van der Waals surface area contributed by atoms with Gasteiger partial charge in [0.25, 0.3) is 5.89 Å². The lowest BCUT2D eigenvalue weighted by molar-refractivity contribution is 0.340. The van der Waals surface area contributed by atoms with Crippen LogP contribution < -0.4 is 10.1 Å². The molecule has 0 radical (unpaired) electrons. The predicted octanol–water partition coefficient (Wildman–Crippen LogP) is 6.00. The summed E-state index contributed by atoms with van der Waals surface area (Å²) in [6, 6.07) is 27.9. The van der Waals surface area contributed by atoms with E-state index < -0.39 is 0 Å². The van der Waals surface area contributed by atoms with Crippen molar-refractivity contribution in [2.75, 3.05) is 6.61 Å². The van der Waals surface area contributed by atoms with E-state index in [1.165, 1.54) is 0 Å². The van der Waals surface area contributed by atoms with E-state index in [4.69, 9.17) is 26.5 Å². The molecule has 5 rings (SSSR count). The Morgan fingerprint density at radius 3 is 2.34 bits per heavy atom. The summed E-state index contributed by atoms with van der Waals surface area (Å²) in [5, 5.41) is 8.46. The van der Waals surface area contributed by atoms with Gasteiger partial charge in [-0.05, 0) is 61.5 Å². The Labute approximate surface area is 210 Å². The molecule has 0 aliphatic carbocycles. The molecule has 0 saturated carbocycles. The van der Waals surface area contributed by atoms with Gasteiger partial charge in [-0.25, -0.2) is 0 Å². The molecule has 6 nitrogen and oxygen atoms in total. The fraction of sp³-hybridized carbons (Fsp3) is 0.179. The third kappa shape index (κ3) is 4.81. The highest BCUT2D eigenvalue weighted by Gasteiger charge is 2.34. The van der Waals surface area contributed by atoms with Crippen molar-refractivity contribution in [2.24, 2.45) is 0 Å². The Morgan fingerprint density at radius 1 is 0.971 bits per heavy atom. The molecule has 7 heteroatoms. The zero-order valence-electron chi connectivity index (χ0n) is 19.6. The molecular formula is C28H26N4O2S. The number of aromatic nitrogens is 2. The molecule has 2 heterocycles. The average molecular weight is 483 g/mol. The highest BCUT2D eigenvalue weighted by molar-refractivity contribution is 7.80. The van der Waals surface area contributed by atoms with E-state index in [0.29, 0.717) is 30.0 Å². The Kier molecular flexibility index (Phi) is 6.59. The van der Waals surface area contributed by atoms with Crippen molar-refractivity contribution in [3.05, 3.63) is 108 Å². The fourth-order valence-corrected chi connectivity index (χ4v) is 4.55. The first-order valence-corrected chi connectivity index (χ1v) is 12.0. The van der Waals surface area contributed by atoms with Gasteiger partial charge in [-0.15, -0.1) is 0 Å². The molecule has 1 aromatic heterocycles. The van der Waals surface area contributed by atoms with Crippen molar-refractivity contribution < 1.29 is 9.26 Å². The van der Waals surface area contributed by atoms with Gasteiger partial charge in [-0.2, -0.15) is 4.98 Å². The van der Waals surface area contributed by atoms with Crippen LogP contribution in [0.25, 0.3) is 17.0 Å². The van der Waals surface area contributed by atoms with E-state index in [9.17, 15) is 0 Å². The second-order valence-electron chi connectivity index (χ2n) is 8.24. The van der Waals surface area contributed by atoms with Crippen LogP contribution in [0.1, 0.15) is 36.9 Å². The fourth-order valence-electron chi connectivity index (χ4n) is 4.23. The summed E-state index contributed by atoms with van der Waals surface area (Å²) < 4.78 is 11.4. The van der Waals surface area contributed by atoms with E-state index >= 15 is 0 Å². The van der Waals surface area contributed by atoms with E-state index in [1.807, 2.05) is 67.6 Å². The number of hydrogen-bond donors (Lipinski definition) is 1. The number of allylic oxidation sites excluding steroid dienone is 1. The minimum Gasteiger partial charge on any atom is -0.494 e. The number of ether oxygens (including phenoxy) is 1. The molecule has 0 spiro atoms. The molecule has 1 atom stereocenters. The van der Waals surface area contributed by atoms with Crippen LogP contribution in [0.15, 0.2) is 95.1 Å². The lowest BCUT2D eigenvalue weighted by Crippen LogP contribution is -2.45. The molecule has 1 aliphatic heterocycles. The highest BCUT2D eigenvalue weighted by atomic mass is 32.1. The zero-order valence-corrected chi connectivity index (χ0v) is 20.5. The van der Waals surface area contributed by atoms with Crippen molar-refractivity contribution in [1.82, 2.24) is 20.4 Å². The Bertz CT molecular complexity index is 1330. The molecule has 0 amide bonds. The maximum atomic E-state index is 5.83. The second kappa shape index (κ2) is 10.1. The lowest BCUT2D eigenvalue weighted by Gasteiger charge is -2.37. The van der Waals surface area contributed by atoms with Gasteiger partial charge >= 0.3 is 0 Å². The van der Waals surface area contributed by atoms with Crippen molar-refractivity contribution in [1.29, 1.82) is 0 Å². The summed E-state index contributed by atoms with van der Waals surface area (Å²) in [5.74, 6) is 1.80. The van der Waals surface area contributed by atoms with Gasteiger partial charge in [-0.3, -0.25) is 0 Å². The van der Waals surface area contributed by atoms with Gasteiger partial charge < -0.3 is 19.5 Å². The van der Waals surface area contributed by atoms with Crippen LogP contribution >= 0.6 is 12.2 Å². The second-order valence-corrected chi connectivity index (χ2v) is 8.63. The summed E-state index contributed by atoms with van der Waals surface area (Å²) in [6.07, 6.45) is 0. The lowest BCUT2D eigenvalue weighted by atomic mass is 9.94. The summed E-state index contributed by atoms with van der Waals surface area (Å²) in [5.41, 5.74) is 4.98. The van der Waals surface area contributed by atoms with Crippen molar-refractivity contribution in [2.45, 2.75) is 26.4 Å². The molecule has 176 valence electrons. The largest absolute Gasteiger partial charge is 0.494 e. The van der Waals surface area contributed by atoms with E-state index in [0.717, 1.165) is 33.7 Å². The van der Waals surface area contributed by atoms with Crippen LogP contribution in [0.3, 0.4) is 0 Å². The van der Waals surface area contributed by atoms with Crippen LogP contribution in [0, 0.1) is 0 Å². The molecule has 1 unspecified atom stereocenters. The SMILES string of the molecule is CCOc1ccc(-c2noc(C3=C(C)N(Cc4ccccc4)C(=S)NC3c3ccccc3)n2)cc1. The van der Waals surface area contributed by atoms with Crippen LogP contribution in [-0.4, -0.2) is 26.8 Å². The first-order valence-electron chi connectivity index (χ1n) is 11.6. The number of rotatable bonds is 7. The van der Waals surface area contributed by atoms with E-state index in [2.05, 4.69) is 46.6 Å². The standard InChI is InChI=1S/C28H26N4O2S/c1-3-33-23-16-14-22(15-17-23)26-30-27(34-31-26)24-19(2)32(18-20-10-6-4-7-11-20)28(35)29-25(24)21-12-8-5-9-13-21/h4-17,25H,3,18H2,1-2H3,(H,29,35). The molecule has 4 aromatic rings. The topological polar surface area (TPSA) is 63.4 Å². The monoisotopic (exact) mass is 482 g/mol. The molecule has 0 saturated heterocycles. The number of hydrogen-bond acceptors (Lipinski definition) is 5. The minimum absolute atomic E-state index is 0.204. The van der Waals surface area contributed by atoms with E-state index in [1.54, 1.807) is 0 Å². The maximum absolute atomic E-state index is 5.83. The quantitative estimate of drug-likeness (QED) is 0.324. The maximum Gasteiger partial charge on any atom is 0.258 e. The van der Waals surface area contributed by atoms with Crippen molar-refractivity contribution in [3.8, 4) is 17.1 Å². The summed E-state index contributed by atoms with van der Waals surface area (Å²) in [7, 11) is 0. The van der Waals surface area contributed by atoms with Crippen molar-refractivity contribution >= 4 is 22.9 Å². The van der Waals surface area contributed by atoms with Gasteiger partial charge in [0.1, 0.15) is 5.75 Å². The van der Waals surface area contributed by atoms with E-state index in [-0.39, 0.29) is 6.04 Å². The van der Waals surface area contributed by atoms with Gasteiger partial charge in [0.05, 0.1) is 18.2 Å². The normalized spacial score (nSPS) is 15.8. The summed E-state index contributed by atoms with van der Waals surface area (Å²) >= 11 is 5.80. The third-order valence-corrected chi connectivity index (χ3v) is 6.33. The van der Waals surface area contributed by atoms with Gasteiger partial charge in [0.15, 0.2) is 5.11 Å². The number of thiocarbonyl (C=S) groups is 1. The van der Waals surface area contributed by atoms with Crippen LogP contribution in [0.4, 0.5) is 0 Å². The summed E-state index contributed by atoms with van der Waals surface area (Å²) in [4.78, 5) is 6.87. The number of benzene rings is 3. The number of nitrogens with zero attached hydrogens (tertiary/aromatic N) is 3. The number of nitrogens with one attached hydrogen (secondary N) is 1. The molecule has 3 aromatic carbocycles. The van der Waals surface area contributed by atoms with Crippen LogP contribution in [0.5, 0.6) is 5.75 Å². The minimum atomic E-state index is -0.204. The van der Waals surface area contributed by atoms with Gasteiger partial charge in [0, 0.05) is 17.8 Å². The molecular weight excluding hydrogens is 456 g/mol. The average Bonchev–Trinajstić information content (AvgIpc) is 3.38. The highest BCUT2D eigenvalue weighted by Crippen LogP contribution is 2.38. The first-order chi connectivity index (χ1) is 17.1. The van der Waals surface area contributed by atoms with Crippen molar-refractivity contribution in [3.63, 3.8) is 0 Å².